The van der Waals surface area contributed by atoms with Crippen molar-refractivity contribution in [1.29, 1.82) is 0 Å². The zero-order valence-electron chi connectivity index (χ0n) is 12.6. The zero-order chi connectivity index (χ0) is 18.3. The van der Waals surface area contributed by atoms with Crippen molar-refractivity contribution in [3.63, 3.8) is 0 Å². The SMILES string of the molecule is O=c1oc2cc(OC3O[C@H](CO)[C@@H](O)[C@H](O)[C@@H]3O)ccc2c(O)c1O. The molecule has 0 aliphatic carbocycles. The molecule has 1 aliphatic rings. The molecule has 1 aromatic carbocycles. The van der Waals surface area contributed by atoms with Gasteiger partial charge in [-0.15, -0.1) is 0 Å². The van der Waals surface area contributed by atoms with Crippen LogP contribution in [-0.2, 0) is 4.74 Å². The molecule has 1 aromatic heterocycles. The van der Waals surface area contributed by atoms with Crippen LogP contribution in [-0.4, -0.2) is 68.0 Å². The van der Waals surface area contributed by atoms with E-state index in [9.17, 15) is 30.3 Å². The first-order chi connectivity index (χ1) is 11.8. The molecule has 25 heavy (non-hydrogen) atoms. The standard InChI is InChI=1S/C15H16O10/c16-4-8-10(18)11(19)13(21)15(25-8)23-5-1-2-6-7(3-5)24-14(22)12(20)9(6)17/h1-3,8,10-11,13,15-21H,4H2/t8-,10-,11+,13+,15?/m1/s1. The quantitative estimate of drug-likeness (QED) is 0.351. The van der Waals surface area contributed by atoms with Crippen molar-refractivity contribution in [1.82, 2.24) is 0 Å². The molecule has 136 valence electrons. The second-order valence-corrected chi connectivity index (χ2v) is 5.56. The number of aliphatic hydroxyl groups excluding tert-OH is 4. The summed E-state index contributed by atoms with van der Waals surface area (Å²) in [5, 5.41) is 57.7. The Labute approximate surface area is 139 Å². The molecule has 0 amide bonds. The summed E-state index contributed by atoms with van der Waals surface area (Å²) in [6, 6.07) is 3.84. The van der Waals surface area contributed by atoms with Crippen LogP contribution in [0.5, 0.6) is 17.2 Å². The molecular formula is C15H16O10. The summed E-state index contributed by atoms with van der Waals surface area (Å²) in [7, 11) is 0. The minimum Gasteiger partial charge on any atom is -0.504 e. The summed E-state index contributed by atoms with van der Waals surface area (Å²) < 4.78 is 15.4. The number of rotatable bonds is 3. The predicted molar refractivity (Wildman–Crippen MR) is 80.2 cm³/mol. The van der Waals surface area contributed by atoms with E-state index in [1.807, 2.05) is 0 Å². The highest BCUT2D eigenvalue weighted by molar-refractivity contribution is 5.86. The largest absolute Gasteiger partial charge is 0.504 e. The number of ether oxygens (including phenoxy) is 2. The van der Waals surface area contributed by atoms with Crippen LogP contribution in [0.1, 0.15) is 0 Å². The first kappa shape index (κ1) is 17.5. The Morgan fingerprint density at radius 1 is 1.04 bits per heavy atom. The Bertz CT molecular complexity index is 829. The van der Waals surface area contributed by atoms with E-state index >= 15 is 0 Å². The van der Waals surface area contributed by atoms with Gasteiger partial charge in [0.05, 0.1) is 12.0 Å². The van der Waals surface area contributed by atoms with Gasteiger partial charge >= 0.3 is 5.63 Å². The molecule has 1 fully saturated rings. The molecule has 1 unspecified atom stereocenters. The molecule has 2 heterocycles. The molecule has 1 aliphatic heterocycles. The highest BCUT2D eigenvalue weighted by atomic mass is 16.7. The third-order valence-electron chi connectivity index (χ3n) is 3.93. The second kappa shape index (κ2) is 6.50. The fourth-order valence-corrected chi connectivity index (χ4v) is 2.53. The fraction of sp³-hybridized carbons (Fsp3) is 0.400. The molecule has 0 spiro atoms. The smallest absolute Gasteiger partial charge is 0.382 e. The molecule has 2 aromatic rings. The number of aliphatic hydroxyl groups is 4. The van der Waals surface area contributed by atoms with Crippen LogP contribution in [0.3, 0.4) is 0 Å². The molecule has 0 radical (unpaired) electrons. The van der Waals surface area contributed by atoms with Crippen molar-refractivity contribution < 1.29 is 44.5 Å². The van der Waals surface area contributed by atoms with Crippen LogP contribution >= 0.6 is 0 Å². The van der Waals surface area contributed by atoms with E-state index in [2.05, 4.69) is 0 Å². The summed E-state index contributed by atoms with van der Waals surface area (Å²) in [4.78, 5) is 11.4. The van der Waals surface area contributed by atoms with Crippen LogP contribution in [0.4, 0.5) is 0 Å². The molecule has 5 atom stereocenters. The number of hydrogen-bond acceptors (Lipinski definition) is 10. The van der Waals surface area contributed by atoms with Crippen LogP contribution in [0.25, 0.3) is 11.0 Å². The van der Waals surface area contributed by atoms with Crippen molar-refractivity contribution >= 4 is 11.0 Å². The van der Waals surface area contributed by atoms with Crippen molar-refractivity contribution in [2.75, 3.05) is 6.61 Å². The highest BCUT2D eigenvalue weighted by Gasteiger charge is 2.44. The third-order valence-corrected chi connectivity index (χ3v) is 3.93. The Hall–Kier alpha value is -2.37. The number of benzene rings is 1. The Balaban J connectivity index is 1.90. The number of fused-ring (bicyclic) bond motifs is 1. The van der Waals surface area contributed by atoms with Gasteiger partial charge in [0.1, 0.15) is 35.7 Å². The van der Waals surface area contributed by atoms with Gasteiger partial charge in [-0.2, -0.15) is 0 Å². The van der Waals surface area contributed by atoms with Gasteiger partial charge in [0, 0.05) is 6.07 Å². The lowest BCUT2D eigenvalue weighted by atomic mass is 9.99. The van der Waals surface area contributed by atoms with Crippen LogP contribution in [0.15, 0.2) is 27.4 Å². The minimum absolute atomic E-state index is 0.0464. The van der Waals surface area contributed by atoms with E-state index in [0.29, 0.717) is 0 Å². The summed E-state index contributed by atoms with van der Waals surface area (Å²) in [5.74, 6) is -1.52. The summed E-state index contributed by atoms with van der Waals surface area (Å²) in [6.45, 7) is -0.607. The van der Waals surface area contributed by atoms with E-state index in [4.69, 9.17) is 19.0 Å². The molecular weight excluding hydrogens is 340 g/mol. The fourth-order valence-electron chi connectivity index (χ4n) is 2.53. The van der Waals surface area contributed by atoms with E-state index in [0.717, 1.165) is 0 Å². The Morgan fingerprint density at radius 2 is 1.76 bits per heavy atom. The van der Waals surface area contributed by atoms with E-state index in [1.165, 1.54) is 18.2 Å². The maximum Gasteiger partial charge on any atom is 0.382 e. The van der Waals surface area contributed by atoms with Crippen LogP contribution in [0.2, 0.25) is 0 Å². The lowest BCUT2D eigenvalue weighted by Gasteiger charge is -2.39. The second-order valence-electron chi connectivity index (χ2n) is 5.56. The van der Waals surface area contributed by atoms with Gasteiger partial charge in [0.2, 0.25) is 12.0 Å². The molecule has 3 rings (SSSR count). The molecule has 6 N–H and O–H groups in total. The van der Waals surface area contributed by atoms with Crippen molar-refractivity contribution in [3.05, 3.63) is 28.6 Å². The van der Waals surface area contributed by atoms with Crippen LogP contribution in [0, 0.1) is 0 Å². The average molecular weight is 356 g/mol. The van der Waals surface area contributed by atoms with Gasteiger partial charge in [-0.3, -0.25) is 0 Å². The minimum atomic E-state index is -1.60. The topological polar surface area (TPSA) is 170 Å². The average Bonchev–Trinajstić information content (AvgIpc) is 2.60. The van der Waals surface area contributed by atoms with E-state index in [-0.39, 0.29) is 16.7 Å². The monoisotopic (exact) mass is 356 g/mol. The van der Waals surface area contributed by atoms with Crippen LogP contribution < -0.4 is 10.4 Å². The van der Waals surface area contributed by atoms with Crippen molar-refractivity contribution in [2.45, 2.75) is 30.7 Å². The van der Waals surface area contributed by atoms with E-state index in [1.54, 1.807) is 0 Å². The first-order valence-electron chi connectivity index (χ1n) is 7.29. The summed E-state index contributed by atoms with van der Waals surface area (Å²) in [6.07, 6.45) is -7.27. The maximum atomic E-state index is 11.4. The summed E-state index contributed by atoms with van der Waals surface area (Å²) >= 11 is 0. The first-order valence-corrected chi connectivity index (χ1v) is 7.29. The lowest BCUT2D eigenvalue weighted by Crippen LogP contribution is -2.60. The third kappa shape index (κ3) is 3.01. The van der Waals surface area contributed by atoms with Gasteiger partial charge in [-0.25, -0.2) is 4.79 Å². The summed E-state index contributed by atoms with van der Waals surface area (Å²) in [5.41, 5.74) is -1.24. The normalized spacial score (nSPS) is 29.7. The Morgan fingerprint density at radius 3 is 2.44 bits per heavy atom. The Kier molecular flexibility index (Phi) is 4.54. The van der Waals surface area contributed by atoms with Gasteiger partial charge in [-0.1, -0.05) is 0 Å². The predicted octanol–water partition coefficient (Wildman–Crippen LogP) is -1.62. The maximum absolute atomic E-state index is 11.4. The van der Waals surface area contributed by atoms with Gasteiger partial charge < -0.3 is 44.5 Å². The van der Waals surface area contributed by atoms with Gasteiger partial charge in [-0.05, 0) is 12.1 Å². The molecule has 0 bridgehead atoms. The molecule has 0 saturated carbocycles. The highest BCUT2D eigenvalue weighted by Crippen LogP contribution is 2.33. The lowest BCUT2D eigenvalue weighted by molar-refractivity contribution is -0.277. The zero-order valence-corrected chi connectivity index (χ0v) is 12.6. The van der Waals surface area contributed by atoms with Gasteiger partial charge in [0.25, 0.3) is 0 Å². The molecule has 1 saturated heterocycles. The van der Waals surface area contributed by atoms with Crippen molar-refractivity contribution in [3.8, 4) is 17.2 Å². The van der Waals surface area contributed by atoms with Gasteiger partial charge in [0.15, 0.2) is 5.75 Å². The molecule has 10 nitrogen and oxygen atoms in total. The van der Waals surface area contributed by atoms with Crippen molar-refractivity contribution in [2.24, 2.45) is 0 Å². The van der Waals surface area contributed by atoms with E-state index < -0.39 is 54.4 Å². The molecule has 10 heteroatoms. The number of aromatic hydroxyl groups is 2. The number of hydrogen-bond donors (Lipinski definition) is 6.